The summed E-state index contributed by atoms with van der Waals surface area (Å²) in [7, 11) is 0. The van der Waals surface area contributed by atoms with Crippen molar-refractivity contribution in [2.24, 2.45) is 0 Å². The van der Waals surface area contributed by atoms with E-state index in [1.54, 1.807) is 0 Å². The number of aromatic nitrogens is 2. The van der Waals surface area contributed by atoms with E-state index in [-0.39, 0.29) is 0 Å². The molecule has 10 aromatic carbocycles. The van der Waals surface area contributed by atoms with Crippen LogP contribution >= 0.6 is 0 Å². The van der Waals surface area contributed by atoms with Gasteiger partial charge in [-0.1, -0.05) is 237 Å². The molecule has 1 aromatic heterocycles. The number of hydrogen-bond donors (Lipinski definition) is 0. The summed E-state index contributed by atoms with van der Waals surface area (Å²) in [4.78, 5) is 10.7. The number of fused-ring (bicyclic) bond motifs is 5. The summed E-state index contributed by atoms with van der Waals surface area (Å²) in [5.41, 5.74) is 16.8. The molecule has 0 amide bonds. The standard InChI is InChI=1S/C61H40N2/c1-4-18-41(19-5-1)42-34-36-44(37-35-42)60-62-57(52-30-16-21-43-20-10-11-26-47(43)52)40-58(63-60)53-39-38-50(48-27-12-13-28-49(48)53)54-31-17-32-55-51-29-14-15-33-56(51)61(59(54)55,45-22-6-2-7-23-45)46-24-8-3-9-25-46/h1-40H. The van der Waals surface area contributed by atoms with E-state index in [1.165, 1.54) is 60.8 Å². The molecule has 1 aliphatic rings. The molecule has 0 spiro atoms. The van der Waals surface area contributed by atoms with E-state index < -0.39 is 5.41 Å². The van der Waals surface area contributed by atoms with Crippen molar-refractivity contribution in [1.82, 2.24) is 9.97 Å². The predicted octanol–water partition coefficient (Wildman–Crippen LogP) is 15.5. The maximum atomic E-state index is 5.41. The first kappa shape index (κ1) is 36.6. The van der Waals surface area contributed by atoms with Crippen molar-refractivity contribution in [2.45, 2.75) is 5.41 Å². The maximum Gasteiger partial charge on any atom is 0.160 e. The van der Waals surface area contributed by atoms with Gasteiger partial charge in [0.15, 0.2) is 5.82 Å². The molecule has 0 saturated carbocycles. The SMILES string of the molecule is c1ccc(-c2ccc(-c3nc(-c4cccc5ccccc45)cc(-c4ccc(-c5cccc6c5C(c5ccccc5)(c5ccccc5)c5ccccc5-6)c5ccccc45)n3)cc2)cc1. The minimum absolute atomic E-state index is 0.532. The summed E-state index contributed by atoms with van der Waals surface area (Å²) in [6.07, 6.45) is 0. The van der Waals surface area contributed by atoms with Crippen LogP contribution in [0, 0.1) is 0 Å². The average Bonchev–Trinajstić information content (AvgIpc) is 3.68. The second-order valence-electron chi connectivity index (χ2n) is 16.4. The third-order valence-electron chi connectivity index (χ3n) is 13.0. The highest BCUT2D eigenvalue weighted by atomic mass is 14.9. The molecular weight excluding hydrogens is 761 g/mol. The van der Waals surface area contributed by atoms with Crippen LogP contribution in [0.1, 0.15) is 22.3 Å². The van der Waals surface area contributed by atoms with Gasteiger partial charge in [-0.05, 0) is 83.2 Å². The third-order valence-corrected chi connectivity index (χ3v) is 13.0. The summed E-state index contributed by atoms with van der Waals surface area (Å²) >= 11 is 0. The lowest BCUT2D eigenvalue weighted by Crippen LogP contribution is -2.29. The van der Waals surface area contributed by atoms with Crippen molar-refractivity contribution in [2.75, 3.05) is 0 Å². The molecule has 2 nitrogen and oxygen atoms in total. The molecule has 11 aromatic rings. The Morgan fingerprint density at radius 2 is 0.730 bits per heavy atom. The number of benzene rings is 10. The average molecular weight is 801 g/mol. The van der Waals surface area contributed by atoms with Crippen molar-refractivity contribution in [3.8, 4) is 67.3 Å². The lowest BCUT2D eigenvalue weighted by molar-refractivity contribution is 0.770. The first-order valence-corrected chi connectivity index (χ1v) is 21.7. The first-order chi connectivity index (χ1) is 31.3. The van der Waals surface area contributed by atoms with Crippen LogP contribution in [0.2, 0.25) is 0 Å². The molecule has 0 atom stereocenters. The fourth-order valence-electron chi connectivity index (χ4n) is 10.2. The lowest BCUT2D eigenvalue weighted by Gasteiger charge is -2.35. The van der Waals surface area contributed by atoms with Crippen molar-refractivity contribution in [1.29, 1.82) is 0 Å². The smallest absolute Gasteiger partial charge is 0.160 e. The Labute approximate surface area is 367 Å². The van der Waals surface area contributed by atoms with Crippen LogP contribution in [0.15, 0.2) is 243 Å². The topological polar surface area (TPSA) is 25.8 Å². The van der Waals surface area contributed by atoms with Crippen molar-refractivity contribution >= 4 is 21.5 Å². The molecule has 0 saturated heterocycles. The number of hydrogen-bond acceptors (Lipinski definition) is 2. The Bertz CT molecular complexity index is 3440. The van der Waals surface area contributed by atoms with Gasteiger partial charge in [0.05, 0.1) is 16.8 Å². The molecule has 0 bridgehead atoms. The van der Waals surface area contributed by atoms with Crippen LogP contribution in [-0.2, 0) is 5.41 Å². The van der Waals surface area contributed by atoms with Gasteiger partial charge in [-0.25, -0.2) is 9.97 Å². The second kappa shape index (κ2) is 15.1. The van der Waals surface area contributed by atoms with Crippen LogP contribution in [0.25, 0.3) is 88.8 Å². The minimum Gasteiger partial charge on any atom is -0.228 e. The summed E-state index contributed by atoms with van der Waals surface area (Å²) < 4.78 is 0. The van der Waals surface area contributed by atoms with Gasteiger partial charge in [0, 0.05) is 16.7 Å². The predicted molar refractivity (Wildman–Crippen MR) is 262 cm³/mol. The van der Waals surface area contributed by atoms with Crippen molar-refractivity contribution in [3.05, 3.63) is 265 Å². The Kier molecular flexibility index (Phi) is 8.76. The quantitative estimate of drug-likeness (QED) is 0.160. The zero-order valence-corrected chi connectivity index (χ0v) is 34.5. The molecule has 1 aliphatic carbocycles. The van der Waals surface area contributed by atoms with Crippen LogP contribution in [0.4, 0.5) is 0 Å². The molecule has 0 unspecified atom stereocenters. The van der Waals surface area contributed by atoms with Gasteiger partial charge in [-0.15, -0.1) is 0 Å². The minimum atomic E-state index is -0.532. The van der Waals surface area contributed by atoms with Gasteiger partial charge in [-0.2, -0.15) is 0 Å². The highest BCUT2D eigenvalue weighted by Crippen LogP contribution is 2.59. The van der Waals surface area contributed by atoms with Crippen LogP contribution in [0.3, 0.4) is 0 Å². The fraction of sp³-hybridized carbons (Fsp3) is 0.0164. The highest BCUT2D eigenvalue weighted by Gasteiger charge is 2.47. The number of rotatable bonds is 7. The first-order valence-electron chi connectivity index (χ1n) is 21.7. The van der Waals surface area contributed by atoms with E-state index >= 15 is 0 Å². The van der Waals surface area contributed by atoms with Crippen LogP contribution in [0.5, 0.6) is 0 Å². The van der Waals surface area contributed by atoms with Gasteiger partial charge in [0.25, 0.3) is 0 Å². The Morgan fingerprint density at radius 1 is 0.286 bits per heavy atom. The van der Waals surface area contributed by atoms with Crippen LogP contribution < -0.4 is 0 Å². The van der Waals surface area contributed by atoms with Crippen molar-refractivity contribution < 1.29 is 0 Å². The highest BCUT2D eigenvalue weighted by molar-refractivity contribution is 6.07. The largest absolute Gasteiger partial charge is 0.228 e. The molecular formula is C61H40N2. The summed E-state index contributed by atoms with van der Waals surface area (Å²) in [6.45, 7) is 0. The Morgan fingerprint density at radius 3 is 1.43 bits per heavy atom. The van der Waals surface area contributed by atoms with E-state index in [4.69, 9.17) is 9.97 Å². The van der Waals surface area contributed by atoms with Gasteiger partial charge in [0.2, 0.25) is 0 Å². The molecule has 0 radical (unpaired) electrons. The maximum absolute atomic E-state index is 5.41. The molecule has 0 fully saturated rings. The molecule has 2 heteroatoms. The zero-order valence-electron chi connectivity index (χ0n) is 34.5. The zero-order chi connectivity index (χ0) is 41.7. The van der Waals surface area contributed by atoms with E-state index in [1.807, 2.05) is 0 Å². The van der Waals surface area contributed by atoms with Crippen molar-refractivity contribution in [3.63, 3.8) is 0 Å². The molecule has 294 valence electrons. The Hall–Kier alpha value is -8.20. The van der Waals surface area contributed by atoms with Gasteiger partial charge in [0.1, 0.15) is 0 Å². The van der Waals surface area contributed by atoms with Gasteiger partial charge < -0.3 is 0 Å². The third kappa shape index (κ3) is 5.95. The molecule has 0 aliphatic heterocycles. The number of nitrogens with zero attached hydrogens (tertiary/aromatic N) is 2. The molecule has 63 heavy (non-hydrogen) atoms. The molecule has 1 heterocycles. The summed E-state index contributed by atoms with van der Waals surface area (Å²) in [5.74, 6) is 0.692. The van der Waals surface area contributed by atoms with E-state index in [0.717, 1.165) is 44.4 Å². The fourth-order valence-corrected chi connectivity index (χ4v) is 10.2. The summed E-state index contributed by atoms with van der Waals surface area (Å²) in [6, 6.07) is 87.8. The molecule has 0 N–H and O–H groups in total. The van der Waals surface area contributed by atoms with Crippen LogP contribution in [-0.4, -0.2) is 9.97 Å². The monoisotopic (exact) mass is 800 g/mol. The lowest BCUT2D eigenvalue weighted by atomic mass is 9.66. The van der Waals surface area contributed by atoms with E-state index in [2.05, 4.69) is 243 Å². The molecule has 12 rings (SSSR count). The normalized spacial score (nSPS) is 12.6. The van der Waals surface area contributed by atoms with Gasteiger partial charge in [-0.3, -0.25) is 0 Å². The van der Waals surface area contributed by atoms with Gasteiger partial charge >= 0.3 is 0 Å². The summed E-state index contributed by atoms with van der Waals surface area (Å²) in [5, 5.41) is 4.65. The Balaban J connectivity index is 1.08. The van der Waals surface area contributed by atoms with E-state index in [0.29, 0.717) is 5.82 Å². The second-order valence-corrected chi connectivity index (χ2v) is 16.4. The van der Waals surface area contributed by atoms with E-state index in [9.17, 15) is 0 Å².